The second-order valence-corrected chi connectivity index (χ2v) is 6.19. The molecular formula is C15H19BrClN3. The van der Waals surface area contributed by atoms with E-state index in [0.29, 0.717) is 0 Å². The van der Waals surface area contributed by atoms with Crippen molar-refractivity contribution in [3.8, 4) is 0 Å². The van der Waals surface area contributed by atoms with Gasteiger partial charge in [-0.3, -0.25) is 4.68 Å². The van der Waals surface area contributed by atoms with Gasteiger partial charge in [0.15, 0.2) is 0 Å². The first-order chi connectivity index (χ1) is 9.53. The van der Waals surface area contributed by atoms with Crippen molar-refractivity contribution in [2.45, 2.75) is 32.9 Å². The molecule has 0 aliphatic carbocycles. The monoisotopic (exact) mass is 355 g/mol. The third kappa shape index (κ3) is 3.62. The van der Waals surface area contributed by atoms with Crippen molar-refractivity contribution in [2.24, 2.45) is 0 Å². The predicted octanol–water partition coefficient (Wildman–Crippen LogP) is 4.13. The Morgan fingerprint density at radius 3 is 2.70 bits per heavy atom. The molecular weight excluding hydrogens is 338 g/mol. The summed E-state index contributed by atoms with van der Waals surface area (Å²) in [4.78, 5) is 0. The van der Waals surface area contributed by atoms with E-state index >= 15 is 0 Å². The van der Waals surface area contributed by atoms with E-state index in [1.54, 1.807) is 0 Å². The van der Waals surface area contributed by atoms with Gasteiger partial charge in [-0.2, -0.15) is 5.10 Å². The number of likely N-dealkylation sites (N-methyl/N-ethyl adjacent to an activating group) is 1. The predicted molar refractivity (Wildman–Crippen MR) is 87.3 cm³/mol. The topological polar surface area (TPSA) is 29.9 Å². The Bertz CT molecular complexity index is 575. The summed E-state index contributed by atoms with van der Waals surface area (Å²) in [6, 6.07) is 8.37. The molecule has 0 amide bonds. The lowest BCUT2D eigenvalue weighted by molar-refractivity contribution is 0.541. The van der Waals surface area contributed by atoms with Crippen LogP contribution < -0.4 is 5.32 Å². The normalized spacial score (nSPS) is 12.7. The summed E-state index contributed by atoms with van der Waals surface area (Å²) >= 11 is 9.64. The van der Waals surface area contributed by atoms with E-state index in [2.05, 4.69) is 50.1 Å². The van der Waals surface area contributed by atoms with Crippen LogP contribution in [0.5, 0.6) is 0 Å². The molecule has 0 aliphatic heterocycles. The minimum Gasteiger partial charge on any atom is -0.313 e. The van der Waals surface area contributed by atoms with Gasteiger partial charge in [0.05, 0.1) is 5.69 Å². The van der Waals surface area contributed by atoms with Crippen LogP contribution >= 0.6 is 27.5 Å². The molecule has 1 atom stereocenters. The Labute approximate surface area is 133 Å². The Balaban J connectivity index is 2.28. The molecule has 0 saturated carbocycles. The first kappa shape index (κ1) is 15.5. The Kier molecular flexibility index (Phi) is 5.24. The number of rotatable bonds is 5. The Hall–Kier alpha value is -0.840. The fourth-order valence-corrected chi connectivity index (χ4v) is 3.30. The molecule has 108 valence electrons. The molecule has 5 heteroatoms. The highest BCUT2D eigenvalue weighted by Gasteiger charge is 2.15. The van der Waals surface area contributed by atoms with Gasteiger partial charge in [0.25, 0.3) is 0 Å². The van der Waals surface area contributed by atoms with Gasteiger partial charge < -0.3 is 5.32 Å². The SMILES string of the molecule is CCn1nc(C)cc1CC(NC)c1cc(Cl)cc(Br)c1. The molecule has 1 aromatic carbocycles. The molecule has 0 spiro atoms. The fraction of sp³-hybridized carbons (Fsp3) is 0.400. The highest BCUT2D eigenvalue weighted by Crippen LogP contribution is 2.26. The summed E-state index contributed by atoms with van der Waals surface area (Å²) < 4.78 is 3.06. The van der Waals surface area contributed by atoms with Crippen LogP contribution in [0.1, 0.15) is 29.9 Å². The number of hydrogen-bond acceptors (Lipinski definition) is 2. The van der Waals surface area contributed by atoms with Crippen LogP contribution in [0, 0.1) is 6.92 Å². The molecule has 0 saturated heterocycles. The lowest BCUT2D eigenvalue weighted by atomic mass is 10.0. The van der Waals surface area contributed by atoms with Crippen molar-refractivity contribution in [3.63, 3.8) is 0 Å². The summed E-state index contributed by atoms with van der Waals surface area (Å²) in [6.07, 6.45) is 0.887. The van der Waals surface area contributed by atoms with Gasteiger partial charge in [0, 0.05) is 34.2 Å². The van der Waals surface area contributed by atoms with E-state index in [4.69, 9.17) is 11.6 Å². The van der Waals surface area contributed by atoms with Crippen molar-refractivity contribution >= 4 is 27.5 Å². The largest absolute Gasteiger partial charge is 0.313 e. The van der Waals surface area contributed by atoms with Crippen LogP contribution in [0.2, 0.25) is 5.02 Å². The Morgan fingerprint density at radius 2 is 2.10 bits per heavy atom. The summed E-state index contributed by atoms with van der Waals surface area (Å²) in [7, 11) is 1.97. The average molecular weight is 357 g/mol. The number of hydrogen-bond donors (Lipinski definition) is 1. The van der Waals surface area contributed by atoms with Gasteiger partial charge in [0.2, 0.25) is 0 Å². The molecule has 3 nitrogen and oxygen atoms in total. The smallest absolute Gasteiger partial charge is 0.0596 e. The minimum absolute atomic E-state index is 0.214. The van der Waals surface area contributed by atoms with Crippen molar-refractivity contribution < 1.29 is 0 Å². The summed E-state index contributed by atoms with van der Waals surface area (Å²) in [5.41, 5.74) is 3.47. The van der Waals surface area contributed by atoms with Crippen LogP contribution in [-0.2, 0) is 13.0 Å². The minimum atomic E-state index is 0.214. The van der Waals surface area contributed by atoms with E-state index in [1.807, 2.05) is 26.1 Å². The van der Waals surface area contributed by atoms with Crippen LogP contribution in [-0.4, -0.2) is 16.8 Å². The highest BCUT2D eigenvalue weighted by atomic mass is 79.9. The standard InChI is InChI=1S/C15H19BrClN3/c1-4-20-14(5-10(2)19-20)9-15(18-3)11-6-12(16)8-13(17)7-11/h5-8,15,18H,4,9H2,1-3H3. The molecule has 0 bridgehead atoms. The molecule has 1 unspecified atom stereocenters. The third-order valence-electron chi connectivity index (χ3n) is 3.33. The molecule has 0 aliphatic rings. The van der Waals surface area contributed by atoms with Crippen LogP contribution in [0.25, 0.3) is 0 Å². The maximum Gasteiger partial charge on any atom is 0.0596 e. The molecule has 1 aromatic heterocycles. The lowest BCUT2D eigenvalue weighted by Crippen LogP contribution is -2.20. The summed E-state index contributed by atoms with van der Waals surface area (Å²) in [6.45, 7) is 5.03. The fourth-order valence-electron chi connectivity index (χ4n) is 2.41. The van der Waals surface area contributed by atoms with Crippen molar-refractivity contribution in [1.29, 1.82) is 0 Å². The molecule has 1 heterocycles. The maximum absolute atomic E-state index is 6.14. The van der Waals surface area contributed by atoms with Crippen LogP contribution in [0.15, 0.2) is 28.7 Å². The lowest BCUT2D eigenvalue weighted by Gasteiger charge is -2.18. The number of aryl methyl sites for hydroxylation is 2. The van der Waals surface area contributed by atoms with Gasteiger partial charge >= 0.3 is 0 Å². The summed E-state index contributed by atoms with van der Waals surface area (Å²) in [5.74, 6) is 0. The average Bonchev–Trinajstić information content (AvgIpc) is 2.74. The second kappa shape index (κ2) is 6.74. The van der Waals surface area contributed by atoms with Crippen LogP contribution in [0.4, 0.5) is 0 Å². The number of nitrogens with zero attached hydrogens (tertiary/aromatic N) is 2. The highest BCUT2D eigenvalue weighted by molar-refractivity contribution is 9.10. The third-order valence-corrected chi connectivity index (χ3v) is 4.01. The van der Waals surface area contributed by atoms with Gasteiger partial charge in [-0.05, 0) is 50.7 Å². The van der Waals surface area contributed by atoms with E-state index in [1.165, 1.54) is 11.3 Å². The molecule has 2 rings (SSSR count). The number of aromatic nitrogens is 2. The molecule has 20 heavy (non-hydrogen) atoms. The van der Waals surface area contributed by atoms with Gasteiger partial charge in [-0.1, -0.05) is 27.5 Å². The summed E-state index contributed by atoms with van der Waals surface area (Å²) in [5, 5.41) is 8.61. The molecule has 2 aromatic rings. The zero-order chi connectivity index (χ0) is 14.7. The van der Waals surface area contributed by atoms with E-state index in [9.17, 15) is 0 Å². The number of benzene rings is 1. The van der Waals surface area contributed by atoms with Crippen molar-refractivity contribution in [3.05, 3.63) is 50.7 Å². The van der Waals surface area contributed by atoms with Crippen LogP contribution in [0.3, 0.4) is 0 Å². The first-order valence-electron chi connectivity index (χ1n) is 6.70. The molecule has 1 N–H and O–H groups in total. The van der Waals surface area contributed by atoms with Crippen molar-refractivity contribution in [2.75, 3.05) is 7.05 Å². The number of nitrogens with one attached hydrogen (secondary N) is 1. The van der Waals surface area contributed by atoms with Gasteiger partial charge in [-0.15, -0.1) is 0 Å². The van der Waals surface area contributed by atoms with E-state index in [0.717, 1.165) is 28.2 Å². The first-order valence-corrected chi connectivity index (χ1v) is 7.87. The quantitative estimate of drug-likeness (QED) is 0.873. The molecule has 0 fully saturated rings. The maximum atomic E-state index is 6.14. The Morgan fingerprint density at radius 1 is 1.35 bits per heavy atom. The van der Waals surface area contributed by atoms with Gasteiger partial charge in [-0.25, -0.2) is 0 Å². The zero-order valence-electron chi connectivity index (χ0n) is 12.0. The van der Waals surface area contributed by atoms with Gasteiger partial charge in [0.1, 0.15) is 0 Å². The van der Waals surface area contributed by atoms with E-state index in [-0.39, 0.29) is 6.04 Å². The van der Waals surface area contributed by atoms with E-state index < -0.39 is 0 Å². The molecule has 0 radical (unpaired) electrons. The second-order valence-electron chi connectivity index (χ2n) is 4.84. The van der Waals surface area contributed by atoms with Crippen molar-refractivity contribution in [1.82, 2.24) is 15.1 Å². The zero-order valence-corrected chi connectivity index (χ0v) is 14.3. The number of halogens is 2.